The van der Waals surface area contributed by atoms with Gasteiger partial charge in [-0.1, -0.05) is 6.92 Å². The SMILES string of the molecule is CC1CNC(C)CCN(c2ccc(F)c(F)c2F)C1. The highest BCUT2D eigenvalue weighted by molar-refractivity contribution is 5.48. The van der Waals surface area contributed by atoms with Crippen LogP contribution in [0.3, 0.4) is 0 Å². The molecule has 1 heterocycles. The molecule has 0 saturated carbocycles. The Labute approximate surface area is 111 Å². The van der Waals surface area contributed by atoms with Gasteiger partial charge >= 0.3 is 0 Å². The Balaban J connectivity index is 2.26. The molecule has 2 nitrogen and oxygen atoms in total. The zero-order valence-electron chi connectivity index (χ0n) is 11.2. The third kappa shape index (κ3) is 3.21. The number of rotatable bonds is 1. The average Bonchev–Trinajstić information content (AvgIpc) is 2.37. The highest BCUT2D eigenvalue weighted by atomic mass is 19.2. The van der Waals surface area contributed by atoms with Crippen LogP contribution in [0.5, 0.6) is 0 Å². The summed E-state index contributed by atoms with van der Waals surface area (Å²) < 4.78 is 40.1. The van der Waals surface area contributed by atoms with Crippen LogP contribution in [0.1, 0.15) is 20.3 Å². The first-order valence-corrected chi connectivity index (χ1v) is 6.61. The second-order valence-electron chi connectivity index (χ2n) is 5.34. The monoisotopic (exact) mass is 272 g/mol. The Bertz CT molecular complexity index is 451. The highest BCUT2D eigenvalue weighted by Crippen LogP contribution is 2.25. The maximum atomic E-state index is 13.8. The Morgan fingerprint density at radius 3 is 2.63 bits per heavy atom. The van der Waals surface area contributed by atoms with E-state index in [4.69, 9.17) is 0 Å². The van der Waals surface area contributed by atoms with Gasteiger partial charge in [0.05, 0.1) is 5.69 Å². The third-order valence-corrected chi connectivity index (χ3v) is 3.53. The van der Waals surface area contributed by atoms with Gasteiger partial charge in [-0.3, -0.25) is 0 Å². The van der Waals surface area contributed by atoms with E-state index in [-0.39, 0.29) is 5.69 Å². The molecule has 0 amide bonds. The number of anilines is 1. The first-order chi connectivity index (χ1) is 8.99. The number of benzene rings is 1. The maximum absolute atomic E-state index is 13.8. The molecule has 1 N–H and O–H groups in total. The standard InChI is InChI=1S/C14H19F3N2/c1-9-7-18-10(2)5-6-19(8-9)12-4-3-11(15)13(16)14(12)17/h3-4,9-10,18H,5-8H2,1-2H3. The lowest BCUT2D eigenvalue weighted by molar-refractivity contribution is 0.403. The van der Waals surface area contributed by atoms with Crippen LogP contribution < -0.4 is 10.2 Å². The summed E-state index contributed by atoms with van der Waals surface area (Å²) in [5.74, 6) is -3.31. The van der Waals surface area contributed by atoms with Crippen molar-refractivity contribution in [1.82, 2.24) is 5.32 Å². The number of hydrogen-bond acceptors (Lipinski definition) is 2. The fraction of sp³-hybridized carbons (Fsp3) is 0.571. The van der Waals surface area contributed by atoms with Gasteiger partial charge in [0.15, 0.2) is 17.5 Å². The molecule has 19 heavy (non-hydrogen) atoms. The lowest BCUT2D eigenvalue weighted by Gasteiger charge is -2.33. The van der Waals surface area contributed by atoms with Crippen LogP contribution in [-0.2, 0) is 0 Å². The maximum Gasteiger partial charge on any atom is 0.196 e. The third-order valence-electron chi connectivity index (χ3n) is 3.53. The molecule has 1 fully saturated rings. The number of hydrogen-bond donors (Lipinski definition) is 1. The Hall–Kier alpha value is -1.23. The minimum Gasteiger partial charge on any atom is -0.369 e. The Kier molecular flexibility index (Phi) is 4.34. The lowest BCUT2D eigenvalue weighted by atomic mass is 10.1. The summed E-state index contributed by atoms with van der Waals surface area (Å²) in [6.07, 6.45) is 0.838. The molecule has 1 aliphatic heterocycles. The van der Waals surface area contributed by atoms with Crippen molar-refractivity contribution in [3.63, 3.8) is 0 Å². The van der Waals surface area contributed by atoms with Gasteiger partial charge in [0.25, 0.3) is 0 Å². The van der Waals surface area contributed by atoms with Gasteiger partial charge < -0.3 is 10.2 Å². The van der Waals surface area contributed by atoms with E-state index < -0.39 is 17.5 Å². The van der Waals surface area contributed by atoms with E-state index in [2.05, 4.69) is 19.2 Å². The summed E-state index contributed by atoms with van der Waals surface area (Å²) in [7, 11) is 0. The predicted octanol–water partition coefficient (Wildman–Crippen LogP) is 2.93. The van der Waals surface area contributed by atoms with Crippen molar-refractivity contribution in [3.05, 3.63) is 29.6 Å². The van der Waals surface area contributed by atoms with Crippen LogP contribution in [0.25, 0.3) is 0 Å². The molecule has 0 spiro atoms. The smallest absolute Gasteiger partial charge is 0.196 e. The van der Waals surface area contributed by atoms with Gasteiger partial charge in [0, 0.05) is 19.1 Å². The van der Waals surface area contributed by atoms with E-state index in [1.165, 1.54) is 6.07 Å². The zero-order chi connectivity index (χ0) is 14.0. The fourth-order valence-corrected chi connectivity index (χ4v) is 2.36. The molecule has 2 rings (SSSR count). The highest BCUT2D eigenvalue weighted by Gasteiger charge is 2.22. The normalized spacial score (nSPS) is 25.0. The number of halogens is 3. The molecule has 0 radical (unpaired) electrons. The van der Waals surface area contributed by atoms with Gasteiger partial charge in [-0.25, -0.2) is 13.2 Å². The second kappa shape index (κ2) is 5.82. The average molecular weight is 272 g/mol. The summed E-state index contributed by atoms with van der Waals surface area (Å²) in [6, 6.07) is 2.64. The van der Waals surface area contributed by atoms with Gasteiger partial charge in [-0.05, 0) is 37.9 Å². The van der Waals surface area contributed by atoms with E-state index in [1.807, 2.05) is 0 Å². The van der Waals surface area contributed by atoms with Crippen LogP contribution in [0.4, 0.5) is 18.9 Å². The summed E-state index contributed by atoms with van der Waals surface area (Å²) in [6.45, 7) is 6.21. The Morgan fingerprint density at radius 1 is 1.16 bits per heavy atom. The Morgan fingerprint density at radius 2 is 1.89 bits per heavy atom. The van der Waals surface area contributed by atoms with Crippen LogP contribution in [0, 0.1) is 23.4 Å². The minimum atomic E-state index is -1.39. The van der Waals surface area contributed by atoms with Crippen LogP contribution in [0.15, 0.2) is 12.1 Å². The minimum absolute atomic E-state index is 0.153. The molecule has 1 aromatic carbocycles. The topological polar surface area (TPSA) is 15.3 Å². The van der Waals surface area contributed by atoms with Crippen molar-refractivity contribution in [1.29, 1.82) is 0 Å². The van der Waals surface area contributed by atoms with Gasteiger partial charge in [0.2, 0.25) is 0 Å². The fourth-order valence-electron chi connectivity index (χ4n) is 2.36. The summed E-state index contributed by atoms with van der Waals surface area (Å²) >= 11 is 0. The van der Waals surface area contributed by atoms with E-state index in [1.54, 1.807) is 4.90 Å². The van der Waals surface area contributed by atoms with Crippen molar-refractivity contribution >= 4 is 5.69 Å². The van der Waals surface area contributed by atoms with Crippen LogP contribution in [-0.4, -0.2) is 25.7 Å². The molecule has 0 aliphatic carbocycles. The largest absolute Gasteiger partial charge is 0.369 e. The quantitative estimate of drug-likeness (QED) is 0.791. The van der Waals surface area contributed by atoms with Gasteiger partial charge in [-0.2, -0.15) is 0 Å². The number of nitrogens with zero attached hydrogens (tertiary/aromatic N) is 1. The predicted molar refractivity (Wildman–Crippen MR) is 69.8 cm³/mol. The van der Waals surface area contributed by atoms with Crippen LogP contribution >= 0.6 is 0 Å². The van der Waals surface area contributed by atoms with E-state index in [9.17, 15) is 13.2 Å². The van der Waals surface area contributed by atoms with Gasteiger partial charge in [-0.15, -0.1) is 0 Å². The van der Waals surface area contributed by atoms with E-state index in [0.717, 1.165) is 19.0 Å². The molecule has 0 aromatic heterocycles. The van der Waals surface area contributed by atoms with Crippen molar-refractivity contribution in [2.24, 2.45) is 5.92 Å². The molecule has 1 aliphatic rings. The molecule has 2 unspecified atom stereocenters. The summed E-state index contributed by atoms with van der Waals surface area (Å²) in [4.78, 5) is 1.81. The first-order valence-electron chi connectivity index (χ1n) is 6.61. The number of nitrogens with one attached hydrogen (secondary N) is 1. The molecule has 2 atom stereocenters. The molecule has 1 aromatic rings. The summed E-state index contributed by atoms with van der Waals surface area (Å²) in [5.41, 5.74) is 0.153. The molecule has 5 heteroatoms. The second-order valence-corrected chi connectivity index (χ2v) is 5.34. The van der Waals surface area contributed by atoms with Crippen molar-refractivity contribution in [2.75, 3.05) is 24.5 Å². The molecule has 1 saturated heterocycles. The van der Waals surface area contributed by atoms with Crippen molar-refractivity contribution < 1.29 is 13.2 Å². The van der Waals surface area contributed by atoms with E-state index >= 15 is 0 Å². The lowest BCUT2D eigenvalue weighted by Crippen LogP contribution is -2.42. The molecule has 0 bridgehead atoms. The molecular formula is C14H19F3N2. The van der Waals surface area contributed by atoms with Crippen molar-refractivity contribution in [2.45, 2.75) is 26.3 Å². The first kappa shape index (κ1) is 14.2. The van der Waals surface area contributed by atoms with Crippen LogP contribution in [0.2, 0.25) is 0 Å². The van der Waals surface area contributed by atoms with Gasteiger partial charge in [0.1, 0.15) is 0 Å². The van der Waals surface area contributed by atoms with E-state index in [0.29, 0.717) is 25.0 Å². The summed E-state index contributed by atoms with van der Waals surface area (Å²) in [5, 5.41) is 3.39. The van der Waals surface area contributed by atoms with Crippen molar-refractivity contribution in [3.8, 4) is 0 Å². The molecular weight excluding hydrogens is 253 g/mol. The molecule has 106 valence electrons. The zero-order valence-corrected chi connectivity index (χ0v) is 11.2.